The van der Waals surface area contributed by atoms with Crippen molar-refractivity contribution in [1.82, 2.24) is 5.48 Å². The molecular formula is C25H40N2O4. The lowest BCUT2D eigenvalue weighted by molar-refractivity contribution is -0.146. The highest BCUT2D eigenvalue weighted by atomic mass is 16.7. The van der Waals surface area contributed by atoms with Crippen molar-refractivity contribution in [2.45, 2.75) is 104 Å². The van der Waals surface area contributed by atoms with Crippen LogP contribution in [0.15, 0.2) is 24.3 Å². The largest absolute Gasteiger partial charge is 0.341 e. The summed E-state index contributed by atoms with van der Waals surface area (Å²) in [6, 6.07) is 6.45. The summed E-state index contributed by atoms with van der Waals surface area (Å²) in [5, 5.41) is 2.85. The molecule has 0 aliphatic rings. The van der Waals surface area contributed by atoms with E-state index in [1.165, 1.54) is 77.6 Å². The number of hydrogen-bond acceptors (Lipinski definition) is 4. The second kappa shape index (κ2) is 17.3. The van der Waals surface area contributed by atoms with Crippen molar-refractivity contribution in [2.75, 3.05) is 5.32 Å². The first-order chi connectivity index (χ1) is 15.0. The Kier molecular flexibility index (Phi) is 14.9. The van der Waals surface area contributed by atoms with Crippen LogP contribution >= 0.6 is 0 Å². The number of anilines is 1. The van der Waals surface area contributed by atoms with Crippen molar-refractivity contribution in [2.24, 2.45) is 0 Å². The first-order valence-corrected chi connectivity index (χ1v) is 11.9. The number of benzene rings is 1. The third-order valence-electron chi connectivity index (χ3n) is 5.23. The zero-order valence-corrected chi connectivity index (χ0v) is 19.3. The molecule has 0 saturated heterocycles. The predicted octanol–water partition coefficient (Wildman–Crippen LogP) is 6.31. The highest BCUT2D eigenvalue weighted by Gasteiger charge is 2.08. The summed E-state index contributed by atoms with van der Waals surface area (Å²) in [4.78, 5) is 39.0. The van der Waals surface area contributed by atoms with Gasteiger partial charge in [-0.05, 0) is 30.7 Å². The van der Waals surface area contributed by atoms with Crippen LogP contribution in [0.1, 0.15) is 114 Å². The van der Waals surface area contributed by atoms with Crippen molar-refractivity contribution in [3.63, 3.8) is 0 Å². The number of rotatable bonds is 16. The van der Waals surface area contributed by atoms with Crippen LogP contribution in [-0.4, -0.2) is 17.8 Å². The lowest BCUT2D eigenvalue weighted by Gasteiger charge is -2.07. The van der Waals surface area contributed by atoms with Gasteiger partial charge in [-0.3, -0.25) is 14.4 Å². The van der Waals surface area contributed by atoms with E-state index >= 15 is 0 Å². The number of unbranched alkanes of at least 4 members (excludes halogenated alkanes) is 12. The fraction of sp³-hybridized carbons (Fsp3) is 0.640. The molecule has 6 nitrogen and oxygen atoms in total. The molecular weight excluding hydrogens is 392 g/mol. The van der Waals surface area contributed by atoms with Gasteiger partial charge in [0.05, 0.1) is 0 Å². The number of hydrogen-bond donors (Lipinski definition) is 2. The number of carbonyl (C=O) groups is 3. The molecule has 0 fully saturated rings. The monoisotopic (exact) mass is 432 g/mol. The van der Waals surface area contributed by atoms with Crippen LogP contribution in [0.25, 0.3) is 0 Å². The first-order valence-electron chi connectivity index (χ1n) is 11.9. The second-order valence-electron chi connectivity index (χ2n) is 8.14. The highest BCUT2D eigenvalue weighted by molar-refractivity contribution is 5.95. The Balaban J connectivity index is 2.03. The van der Waals surface area contributed by atoms with Crippen molar-refractivity contribution >= 4 is 23.5 Å². The predicted molar refractivity (Wildman–Crippen MR) is 125 cm³/mol. The third kappa shape index (κ3) is 14.3. The molecule has 0 aliphatic carbocycles. The van der Waals surface area contributed by atoms with E-state index in [4.69, 9.17) is 0 Å². The summed E-state index contributed by atoms with van der Waals surface area (Å²) in [5.74, 6) is -1.12. The van der Waals surface area contributed by atoms with E-state index in [1.807, 2.05) is 0 Å². The van der Waals surface area contributed by atoms with E-state index in [0.717, 1.165) is 12.8 Å². The number of amides is 2. The van der Waals surface area contributed by atoms with E-state index in [2.05, 4.69) is 22.6 Å². The molecule has 0 spiro atoms. The maximum absolute atomic E-state index is 12.1. The third-order valence-corrected chi connectivity index (χ3v) is 5.23. The van der Waals surface area contributed by atoms with Gasteiger partial charge >= 0.3 is 5.97 Å². The molecule has 1 aromatic carbocycles. The van der Waals surface area contributed by atoms with E-state index in [0.29, 0.717) is 17.7 Å². The minimum absolute atomic E-state index is 0.0137. The number of hydroxylamine groups is 1. The van der Waals surface area contributed by atoms with E-state index in [-0.39, 0.29) is 5.91 Å². The number of carbonyl (C=O) groups excluding carboxylic acids is 3. The summed E-state index contributed by atoms with van der Waals surface area (Å²) in [7, 11) is 0. The zero-order chi connectivity index (χ0) is 22.7. The fourth-order valence-electron chi connectivity index (χ4n) is 3.41. The summed E-state index contributed by atoms with van der Waals surface area (Å²) in [6.07, 6.45) is 17.2. The van der Waals surface area contributed by atoms with Crippen LogP contribution < -0.4 is 10.8 Å². The molecule has 0 radical (unpaired) electrons. The van der Waals surface area contributed by atoms with Gasteiger partial charge in [-0.15, -0.1) is 0 Å². The van der Waals surface area contributed by atoms with Crippen LogP contribution in [0.4, 0.5) is 5.69 Å². The molecule has 0 aliphatic heterocycles. The molecule has 0 atom stereocenters. The molecule has 31 heavy (non-hydrogen) atoms. The molecule has 0 saturated carbocycles. The van der Waals surface area contributed by atoms with E-state index < -0.39 is 11.9 Å². The van der Waals surface area contributed by atoms with Crippen molar-refractivity contribution in [3.8, 4) is 0 Å². The molecule has 6 heteroatoms. The van der Waals surface area contributed by atoms with E-state index in [9.17, 15) is 14.4 Å². The van der Waals surface area contributed by atoms with Gasteiger partial charge < -0.3 is 10.2 Å². The average molecular weight is 433 g/mol. The molecule has 174 valence electrons. The van der Waals surface area contributed by atoms with E-state index in [1.54, 1.807) is 24.3 Å². The Labute approximate surface area is 187 Å². The maximum atomic E-state index is 12.1. The Hall–Kier alpha value is -2.37. The summed E-state index contributed by atoms with van der Waals surface area (Å²) in [6.45, 7) is 3.46. The Morgan fingerprint density at radius 2 is 1.23 bits per heavy atom. The van der Waals surface area contributed by atoms with Crippen molar-refractivity contribution in [1.29, 1.82) is 0 Å². The van der Waals surface area contributed by atoms with Crippen LogP contribution in [-0.2, 0) is 14.4 Å². The average Bonchev–Trinajstić information content (AvgIpc) is 2.75. The Morgan fingerprint density at radius 1 is 0.742 bits per heavy atom. The smallest absolute Gasteiger partial charge is 0.329 e. The molecule has 2 N–H and O–H groups in total. The molecule has 0 bridgehead atoms. The maximum Gasteiger partial charge on any atom is 0.329 e. The molecule has 0 aromatic heterocycles. The van der Waals surface area contributed by atoms with Gasteiger partial charge in [0.25, 0.3) is 5.91 Å². The van der Waals surface area contributed by atoms with Crippen molar-refractivity contribution < 1.29 is 19.2 Å². The van der Waals surface area contributed by atoms with Gasteiger partial charge in [-0.1, -0.05) is 84.0 Å². The second-order valence-corrected chi connectivity index (χ2v) is 8.14. The normalized spacial score (nSPS) is 10.5. The van der Waals surface area contributed by atoms with Gasteiger partial charge in [0.1, 0.15) is 0 Å². The summed E-state index contributed by atoms with van der Waals surface area (Å²) in [5.41, 5.74) is 3.04. The lowest BCUT2D eigenvalue weighted by Crippen LogP contribution is -2.25. The lowest BCUT2D eigenvalue weighted by atomic mass is 10.0. The first kappa shape index (κ1) is 26.7. The van der Waals surface area contributed by atoms with Gasteiger partial charge in [0, 0.05) is 24.6 Å². The minimum atomic E-state index is -0.592. The molecule has 2 amide bonds. The molecule has 1 aromatic rings. The molecule has 0 heterocycles. The molecule has 1 rings (SSSR count). The van der Waals surface area contributed by atoms with Crippen LogP contribution in [0.5, 0.6) is 0 Å². The van der Waals surface area contributed by atoms with Gasteiger partial charge in [0.15, 0.2) is 0 Å². The van der Waals surface area contributed by atoms with Crippen LogP contribution in [0.3, 0.4) is 0 Å². The molecule has 0 unspecified atom stereocenters. The zero-order valence-electron chi connectivity index (χ0n) is 19.3. The van der Waals surface area contributed by atoms with Crippen molar-refractivity contribution in [3.05, 3.63) is 29.8 Å². The van der Waals surface area contributed by atoms with Crippen LogP contribution in [0, 0.1) is 0 Å². The quantitative estimate of drug-likeness (QED) is 0.237. The Bertz CT molecular complexity index is 643. The standard InChI is InChI=1S/C25H40N2O4/c1-3-4-5-6-7-8-9-10-11-12-13-14-15-16-24(29)26-23-19-17-22(18-20-23)25(30)27-31-21(2)28/h17-20H,3-16H2,1-2H3,(H,26,29)(H,27,30). The van der Waals surface area contributed by atoms with Gasteiger partial charge in [-0.25, -0.2) is 0 Å². The van der Waals surface area contributed by atoms with Gasteiger partial charge in [-0.2, -0.15) is 5.48 Å². The highest BCUT2D eigenvalue weighted by Crippen LogP contribution is 2.14. The SMILES string of the molecule is CCCCCCCCCCCCCCCC(=O)Nc1ccc(C(=O)NOC(C)=O)cc1. The summed E-state index contributed by atoms with van der Waals surface area (Å²) < 4.78 is 0. The van der Waals surface area contributed by atoms with Crippen LogP contribution in [0.2, 0.25) is 0 Å². The number of nitrogens with one attached hydrogen (secondary N) is 2. The topological polar surface area (TPSA) is 84.5 Å². The minimum Gasteiger partial charge on any atom is -0.341 e. The Morgan fingerprint density at radius 3 is 1.71 bits per heavy atom. The fourth-order valence-corrected chi connectivity index (χ4v) is 3.41. The summed E-state index contributed by atoms with van der Waals surface area (Å²) >= 11 is 0. The van der Waals surface area contributed by atoms with Gasteiger partial charge in [0.2, 0.25) is 5.91 Å².